The van der Waals surface area contributed by atoms with Crippen LogP contribution in [0.5, 0.6) is 0 Å². The standard InChI is InChI=1S/C13H13F2NO3/c14-9-4-3-8(10(15)7-9)6-12(17)16-5-1-2-11(16)13(18)19/h3-4,7,11H,1-2,5-6H2,(H,18,19). The molecule has 0 saturated carbocycles. The van der Waals surface area contributed by atoms with E-state index >= 15 is 0 Å². The summed E-state index contributed by atoms with van der Waals surface area (Å²) in [5, 5.41) is 8.97. The van der Waals surface area contributed by atoms with E-state index in [9.17, 15) is 18.4 Å². The van der Waals surface area contributed by atoms with Gasteiger partial charge in [-0.2, -0.15) is 0 Å². The van der Waals surface area contributed by atoms with Crippen molar-refractivity contribution in [3.8, 4) is 0 Å². The molecular formula is C13H13F2NO3. The number of benzene rings is 1. The Labute approximate surface area is 108 Å². The van der Waals surface area contributed by atoms with Crippen molar-refractivity contribution in [3.63, 3.8) is 0 Å². The fourth-order valence-corrected chi connectivity index (χ4v) is 2.25. The minimum absolute atomic E-state index is 0.0717. The van der Waals surface area contributed by atoms with Gasteiger partial charge < -0.3 is 10.0 Å². The average molecular weight is 269 g/mol. The van der Waals surface area contributed by atoms with Crippen LogP contribution < -0.4 is 0 Å². The maximum Gasteiger partial charge on any atom is 0.326 e. The first-order valence-corrected chi connectivity index (χ1v) is 5.95. The molecule has 0 bridgehead atoms. The number of carbonyl (C=O) groups is 2. The maximum atomic E-state index is 13.4. The summed E-state index contributed by atoms with van der Waals surface area (Å²) < 4.78 is 26.2. The molecule has 0 spiro atoms. The average Bonchev–Trinajstić information content (AvgIpc) is 2.82. The summed E-state index contributed by atoms with van der Waals surface area (Å²) in [7, 11) is 0. The molecule has 1 aromatic rings. The van der Waals surface area contributed by atoms with Crippen LogP contribution in [-0.2, 0) is 16.0 Å². The normalized spacial score (nSPS) is 18.6. The van der Waals surface area contributed by atoms with Crippen molar-refractivity contribution in [1.82, 2.24) is 4.90 Å². The zero-order valence-corrected chi connectivity index (χ0v) is 10.1. The van der Waals surface area contributed by atoms with Gasteiger partial charge in [0.05, 0.1) is 6.42 Å². The van der Waals surface area contributed by atoms with E-state index in [4.69, 9.17) is 5.11 Å². The van der Waals surface area contributed by atoms with Gasteiger partial charge in [-0.15, -0.1) is 0 Å². The molecule has 1 unspecified atom stereocenters. The van der Waals surface area contributed by atoms with Gasteiger partial charge in [0.25, 0.3) is 0 Å². The van der Waals surface area contributed by atoms with Crippen LogP contribution in [0, 0.1) is 11.6 Å². The molecule has 1 N–H and O–H groups in total. The second kappa shape index (κ2) is 5.34. The molecule has 1 atom stereocenters. The molecule has 1 saturated heterocycles. The van der Waals surface area contributed by atoms with E-state index in [1.54, 1.807) is 0 Å². The number of hydrogen-bond acceptors (Lipinski definition) is 2. The quantitative estimate of drug-likeness (QED) is 0.906. The molecule has 19 heavy (non-hydrogen) atoms. The summed E-state index contributed by atoms with van der Waals surface area (Å²) in [4.78, 5) is 24.2. The number of nitrogens with zero attached hydrogens (tertiary/aromatic N) is 1. The SMILES string of the molecule is O=C(O)C1CCCN1C(=O)Cc1ccc(F)cc1F. The Morgan fingerprint density at radius 2 is 2.11 bits per heavy atom. The first-order valence-electron chi connectivity index (χ1n) is 5.95. The van der Waals surface area contributed by atoms with Crippen LogP contribution in [0.1, 0.15) is 18.4 Å². The zero-order chi connectivity index (χ0) is 14.0. The lowest BCUT2D eigenvalue weighted by Crippen LogP contribution is -2.41. The number of rotatable bonds is 3. The number of aliphatic carboxylic acids is 1. The van der Waals surface area contributed by atoms with E-state index in [0.717, 1.165) is 6.07 Å². The molecule has 1 amide bonds. The van der Waals surface area contributed by atoms with Crippen LogP contribution in [0.3, 0.4) is 0 Å². The van der Waals surface area contributed by atoms with Gasteiger partial charge in [-0.3, -0.25) is 4.79 Å². The van der Waals surface area contributed by atoms with Crippen LogP contribution >= 0.6 is 0 Å². The van der Waals surface area contributed by atoms with Gasteiger partial charge in [0, 0.05) is 12.6 Å². The number of likely N-dealkylation sites (tertiary alicyclic amines) is 1. The van der Waals surface area contributed by atoms with Gasteiger partial charge in [-0.25, -0.2) is 13.6 Å². The van der Waals surface area contributed by atoms with Crippen molar-refractivity contribution in [3.05, 3.63) is 35.4 Å². The zero-order valence-electron chi connectivity index (χ0n) is 10.1. The molecule has 1 heterocycles. The fourth-order valence-electron chi connectivity index (χ4n) is 2.25. The minimum atomic E-state index is -1.05. The third-order valence-electron chi connectivity index (χ3n) is 3.21. The van der Waals surface area contributed by atoms with Crippen molar-refractivity contribution in [2.24, 2.45) is 0 Å². The van der Waals surface area contributed by atoms with E-state index in [-0.39, 0.29) is 12.0 Å². The Morgan fingerprint density at radius 1 is 1.37 bits per heavy atom. The molecule has 1 aliphatic heterocycles. The Balaban J connectivity index is 2.10. The monoisotopic (exact) mass is 269 g/mol. The van der Waals surface area contributed by atoms with Crippen LogP contribution in [0.25, 0.3) is 0 Å². The van der Waals surface area contributed by atoms with Gasteiger partial charge in [0.1, 0.15) is 17.7 Å². The highest BCUT2D eigenvalue weighted by molar-refractivity contribution is 5.85. The summed E-state index contributed by atoms with van der Waals surface area (Å²) in [6, 6.07) is 2.15. The van der Waals surface area contributed by atoms with E-state index < -0.39 is 29.6 Å². The van der Waals surface area contributed by atoms with Gasteiger partial charge in [-0.05, 0) is 24.5 Å². The smallest absolute Gasteiger partial charge is 0.326 e. The first-order chi connectivity index (χ1) is 8.99. The molecule has 0 aliphatic carbocycles. The predicted octanol–water partition coefficient (Wildman–Crippen LogP) is 1.58. The topological polar surface area (TPSA) is 57.6 Å². The van der Waals surface area contributed by atoms with Crippen molar-refractivity contribution >= 4 is 11.9 Å². The molecule has 1 fully saturated rings. The third-order valence-corrected chi connectivity index (χ3v) is 3.21. The lowest BCUT2D eigenvalue weighted by Gasteiger charge is -2.21. The van der Waals surface area contributed by atoms with Crippen molar-refractivity contribution < 1.29 is 23.5 Å². The highest BCUT2D eigenvalue weighted by atomic mass is 19.1. The van der Waals surface area contributed by atoms with Gasteiger partial charge >= 0.3 is 5.97 Å². The summed E-state index contributed by atoms with van der Waals surface area (Å²) in [5.41, 5.74) is 0.0717. The van der Waals surface area contributed by atoms with Crippen LogP contribution in [0.15, 0.2) is 18.2 Å². The van der Waals surface area contributed by atoms with Crippen molar-refractivity contribution in [2.75, 3.05) is 6.54 Å². The van der Waals surface area contributed by atoms with Crippen LogP contribution in [0.2, 0.25) is 0 Å². The number of carboxylic acids is 1. The van der Waals surface area contributed by atoms with Crippen molar-refractivity contribution in [1.29, 1.82) is 0 Å². The highest BCUT2D eigenvalue weighted by Gasteiger charge is 2.33. The van der Waals surface area contributed by atoms with Crippen LogP contribution in [-0.4, -0.2) is 34.5 Å². The molecule has 102 valence electrons. The number of halogens is 2. The summed E-state index contributed by atoms with van der Waals surface area (Å²) in [5.74, 6) is -3.00. The molecule has 0 radical (unpaired) electrons. The molecular weight excluding hydrogens is 256 g/mol. The van der Waals surface area contributed by atoms with Gasteiger partial charge in [-0.1, -0.05) is 6.07 Å². The second-order valence-corrected chi connectivity index (χ2v) is 4.50. The largest absolute Gasteiger partial charge is 0.480 e. The lowest BCUT2D eigenvalue weighted by atomic mass is 10.1. The molecule has 1 aliphatic rings. The third kappa shape index (κ3) is 2.89. The summed E-state index contributed by atoms with van der Waals surface area (Å²) >= 11 is 0. The minimum Gasteiger partial charge on any atom is -0.480 e. The number of carbonyl (C=O) groups excluding carboxylic acids is 1. The van der Waals surface area contributed by atoms with E-state index in [1.165, 1.54) is 11.0 Å². The Bertz CT molecular complexity index is 519. The van der Waals surface area contributed by atoms with E-state index in [2.05, 4.69) is 0 Å². The fraction of sp³-hybridized carbons (Fsp3) is 0.385. The second-order valence-electron chi connectivity index (χ2n) is 4.50. The van der Waals surface area contributed by atoms with E-state index in [0.29, 0.717) is 25.5 Å². The molecule has 6 heteroatoms. The first kappa shape index (κ1) is 13.5. The Kier molecular flexibility index (Phi) is 3.78. The number of amides is 1. The van der Waals surface area contributed by atoms with Crippen LogP contribution in [0.4, 0.5) is 8.78 Å². The lowest BCUT2D eigenvalue weighted by molar-refractivity contribution is -0.148. The molecule has 0 aromatic heterocycles. The highest BCUT2D eigenvalue weighted by Crippen LogP contribution is 2.19. The Hall–Kier alpha value is -1.98. The molecule has 4 nitrogen and oxygen atoms in total. The molecule has 2 rings (SSSR count). The Morgan fingerprint density at radius 3 is 2.74 bits per heavy atom. The predicted molar refractivity (Wildman–Crippen MR) is 62.4 cm³/mol. The van der Waals surface area contributed by atoms with Gasteiger partial charge in [0.2, 0.25) is 5.91 Å². The maximum absolute atomic E-state index is 13.4. The van der Waals surface area contributed by atoms with E-state index in [1.807, 2.05) is 0 Å². The summed E-state index contributed by atoms with van der Waals surface area (Å²) in [6.45, 7) is 0.360. The molecule has 1 aromatic carbocycles. The van der Waals surface area contributed by atoms with Crippen molar-refractivity contribution in [2.45, 2.75) is 25.3 Å². The number of hydrogen-bond donors (Lipinski definition) is 1. The number of carboxylic acid groups (broad SMARTS) is 1. The van der Waals surface area contributed by atoms with Gasteiger partial charge in [0.15, 0.2) is 0 Å². The summed E-state index contributed by atoms with van der Waals surface area (Å²) in [6.07, 6.45) is 0.775.